The van der Waals surface area contributed by atoms with Crippen molar-refractivity contribution in [2.45, 2.75) is 59.8 Å². The third-order valence-corrected chi connectivity index (χ3v) is 12.2. The summed E-state index contributed by atoms with van der Waals surface area (Å²) in [7, 11) is 0. The molecule has 0 nitrogen and oxygen atoms in total. The maximum atomic E-state index is 2.44. The van der Waals surface area contributed by atoms with E-state index in [2.05, 4.69) is 199 Å². The lowest BCUT2D eigenvalue weighted by Gasteiger charge is -2.27. The average molecular weight is 709 g/mol. The van der Waals surface area contributed by atoms with Crippen molar-refractivity contribution < 1.29 is 0 Å². The van der Waals surface area contributed by atoms with E-state index in [0.29, 0.717) is 0 Å². The van der Waals surface area contributed by atoms with Crippen LogP contribution in [-0.4, -0.2) is 0 Å². The maximum Gasteiger partial charge on any atom is 0.0171 e. The highest BCUT2D eigenvalue weighted by atomic mass is 14.4. The van der Waals surface area contributed by atoms with E-state index in [4.69, 9.17) is 0 Å². The molecular formula is C55H48. The normalized spacial score (nSPS) is 12.8. The summed E-state index contributed by atoms with van der Waals surface area (Å²) in [6.45, 7) is 13.7. The molecular weight excluding hydrogens is 661 g/mol. The van der Waals surface area contributed by atoms with Gasteiger partial charge in [-0.15, -0.1) is 0 Å². The van der Waals surface area contributed by atoms with Gasteiger partial charge in [-0.05, 0) is 130 Å². The zero-order valence-corrected chi connectivity index (χ0v) is 32.9. The highest BCUT2D eigenvalue weighted by Crippen LogP contribution is 2.58. The average Bonchev–Trinajstić information content (AvgIpc) is 3.47. The van der Waals surface area contributed by atoms with Crippen LogP contribution in [0.1, 0.15) is 62.8 Å². The molecule has 0 unspecified atom stereocenters. The van der Waals surface area contributed by atoms with Gasteiger partial charge in [-0.1, -0.05) is 192 Å². The van der Waals surface area contributed by atoms with E-state index < -0.39 is 0 Å². The Hall–Kier alpha value is -5.98. The predicted octanol–water partition coefficient (Wildman–Crippen LogP) is 16.0. The van der Waals surface area contributed by atoms with Gasteiger partial charge in [-0.3, -0.25) is 0 Å². The van der Waals surface area contributed by atoms with Gasteiger partial charge in [0.1, 0.15) is 0 Å². The van der Waals surface area contributed by atoms with Gasteiger partial charge in [0, 0.05) is 5.41 Å². The number of hydrogen-bond donors (Lipinski definition) is 0. The molecule has 0 atom stereocenters. The van der Waals surface area contributed by atoms with Crippen molar-refractivity contribution in [2.75, 3.05) is 0 Å². The summed E-state index contributed by atoms with van der Waals surface area (Å²) in [6, 6.07) is 59.0. The summed E-state index contributed by atoms with van der Waals surface area (Å²) in [5, 5.41) is 10.5. The van der Waals surface area contributed by atoms with E-state index >= 15 is 0 Å². The van der Waals surface area contributed by atoms with Gasteiger partial charge in [0.25, 0.3) is 0 Å². The summed E-state index contributed by atoms with van der Waals surface area (Å²) >= 11 is 0. The van der Waals surface area contributed by atoms with Crippen LogP contribution >= 0.6 is 0 Å². The fourth-order valence-corrected chi connectivity index (χ4v) is 9.51. The Morgan fingerprint density at radius 1 is 0.345 bits per heavy atom. The molecule has 0 heteroatoms. The van der Waals surface area contributed by atoms with E-state index in [1.165, 1.54) is 123 Å². The second-order valence-electron chi connectivity index (χ2n) is 15.9. The first-order chi connectivity index (χ1) is 26.8. The standard InChI is InChI=1S/C51H38.C4H10/c1-31-16-5-6-17-34(31)45-30-33(29-28-32(45)2)46-38-21-10-12-23-40(38)47(41-24-13-11-22-39(41)46)43-26-15-27-44-48-37-20-9-7-18-35(37)36-19-8-14-25-42(36)50(48)51(3,4)49(43)44;1-3-4-2/h5-30H,1-4H3;3-4H2,1-2H3. The molecule has 1 aliphatic carbocycles. The Labute approximate surface area is 326 Å². The number of fused-ring (bicyclic) bond motifs is 10. The van der Waals surface area contributed by atoms with Crippen LogP contribution in [0.5, 0.6) is 0 Å². The highest BCUT2D eigenvalue weighted by molar-refractivity contribution is 6.23. The molecule has 55 heavy (non-hydrogen) atoms. The monoisotopic (exact) mass is 708 g/mol. The summed E-state index contributed by atoms with van der Waals surface area (Å²) < 4.78 is 0. The Morgan fingerprint density at radius 2 is 0.764 bits per heavy atom. The van der Waals surface area contributed by atoms with E-state index in [0.717, 1.165) is 0 Å². The van der Waals surface area contributed by atoms with Gasteiger partial charge in [-0.25, -0.2) is 0 Å². The molecule has 0 heterocycles. The van der Waals surface area contributed by atoms with Crippen LogP contribution in [0.4, 0.5) is 0 Å². The zero-order chi connectivity index (χ0) is 37.8. The van der Waals surface area contributed by atoms with Crippen LogP contribution in [0.3, 0.4) is 0 Å². The lowest BCUT2D eigenvalue weighted by molar-refractivity contribution is 0.668. The molecule has 0 radical (unpaired) electrons. The van der Waals surface area contributed by atoms with Crippen molar-refractivity contribution in [3.8, 4) is 44.5 Å². The van der Waals surface area contributed by atoms with E-state index in [1.54, 1.807) is 0 Å². The van der Waals surface area contributed by atoms with Crippen molar-refractivity contribution in [1.82, 2.24) is 0 Å². The smallest absolute Gasteiger partial charge is 0.0171 e. The molecule has 268 valence electrons. The Balaban J connectivity index is 0.000000949. The molecule has 10 rings (SSSR count). The molecule has 9 aromatic rings. The van der Waals surface area contributed by atoms with E-state index in [-0.39, 0.29) is 5.41 Å². The highest BCUT2D eigenvalue weighted by Gasteiger charge is 2.40. The van der Waals surface area contributed by atoms with Crippen molar-refractivity contribution in [1.29, 1.82) is 0 Å². The number of benzene rings is 9. The predicted molar refractivity (Wildman–Crippen MR) is 240 cm³/mol. The van der Waals surface area contributed by atoms with E-state index in [9.17, 15) is 0 Å². The molecule has 9 aromatic carbocycles. The lowest BCUT2D eigenvalue weighted by atomic mass is 9.75. The van der Waals surface area contributed by atoms with Crippen LogP contribution < -0.4 is 0 Å². The second-order valence-corrected chi connectivity index (χ2v) is 15.9. The fraction of sp³-hybridized carbons (Fsp3) is 0.164. The van der Waals surface area contributed by atoms with Gasteiger partial charge in [-0.2, -0.15) is 0 Å². The van der Waals surface area contributed by atoms with E-state index in [1.807, 2.05) is 0 Å². The first kappa shape index (κ1) is 34.8. The molecule has 0 saturated carbocycles. The molecule has 0 fully saturated rings. The zero-order valence-electron chi connectivity index (χ0n) is 32.9. The Bertz CT molecular complexity index is 2880. The van der Waals surface area contributed by atoms with Crippen LogP contribution in [-0.2, 0) is 5.41 Å². The van der Waals surface area contributed by atoms with Crippen LogP contribution in [0.15, 0.2) is 158 Å². The van der Waals surface area contributed by atoms with Crippen LogP contribution in [0.2, 0.25) is 0 Å². The molecule has 0 N–H and O–H groups in total. The van der Waals surface area contributed by atoms with Gasteiger partial charge in [0.15, 0.2) is 0 Å². The SMILES string of the molecule is CCCC.Cc1ccccc1-c1cc(-c2c3ccccc3c(-c3cccc4c3C(C)(C)c3c-4c4ccccc4c4ccccc34)c3ccccc23)ccc1C. The minimum Gasteiger partial charge on any atom is -0.0654 e. The van der Waals surface area contributed by atoms with Crippen molar-refractivity contribution in [3.05, 3.63) is 180 Å². The third-order valence-electron chi connectivity index (χ3n) is 12.2. The van der Waals surface area contributed by atoms with Crippen molar-refractivity contribution >= 4 is 43.1 Å². The molecule has 0 bridgehead atoms. The molecule has 0 aromatic heterocycles. The third kappa shape index (κ3) is 5.42. The molecule has 0 saturated heterocycles. The lowest BCUT2D eigenvalue weighted by Crippen LogP contribution is -2.17. The molecule has 1 aliphatic rings. The first-order valence-electron chi connectivity index (χ1n) is 20.0. The summed E-state index contributed by atoms with van der Waals surface area (Å²) in [5.74, 6) is 0. The largest absolute Gasteiger partial charge is 0.0654 e. The number of rotatable bonds is 4. The van der Waals surface area contributed by atoms with Crippen LogP contribution in [0.25, 0.3) is 87.6 Å². The Kier molecular flexibility index (Phi) is 8.66. The van der Waals surface area contributed by atoms with Crippen LogP contribution in [0, 0.1) is 13.8 Å². The second kappa shape index (κ2) is 13.7. The maximum absolute atomic E-state index is 2.44. The summed E-state index contributed by atoms with van der Waals surface area (Å²) in [6.07, 6.45) is 2.64. The minimum absolute atomic E-state index is 0.217. The van der Waals surface area contributed by atoms with Gasteiger partial charge < -0.3 is 0 Å². The minimum atomic E-state index is -0.217. The topological polar surface area (TPSA) is 0 Å². The number of unbranched alkanes of at least 4 members (excludes halogenated alkanes) is 1. The van der Waals surface area contributed by atoms with Gasteiger partial charge in [0.05, 0.1) is 0 Å². The number of hydrogen-bond acceptors (Lipinski definition) is 0. The van der Waals surface area contributed by atoms with Crippen molar-refractivity contribution in [2.24, 2.45) is 0 Å². The molecule has 0 spiro atoms. The summed E-state index contributed by atoms with van der Waals surface area (Å²) in [5.41, 5.74) is 15.8. The van der Waals surface area contributed by atoms with Crippen molar-refractivity contribution in [3.63, 3.8) is 0 Å². The quantitative estimate of drug-likeness (QED) is 0.126. The summed E-state index contributed by atoms with van der Waals surface area (Å²) in [4.78, 5) is 0. The number of aryl methyl sites for hydroxylation is 2. The fourth-order valence-electron chi connectivity index (χ4n) is 9.51. The Morgan fingerprint density at radius 3 is 1.33 bits per heavy atom. The van der Waals surface area contributed by atoms with Gasteiger partial charge >= 0.3 is 0 Å². The first-order valence-corrected chi connectivity index (χ1v) is 20.0. The van der Waals surface area contributed by atoms with Gasteiger partial charge in [0.2, 0.25) is 0 Å². The molecule has 0 aliphatic heterocycles. The molecule has 0 amide bonds.